The number of aromatic nitrogens is 2. The summed E-state index contributed by atoms with van der Waals surface area (Å²) in [6.07, 6.45) is 1.87. The van der Waals surface area contributed by atoms with Gasteiger partial charge in [0, 0.05) is 18.8 Å². The summed E-state index contributed by atoms with van der Waals surface area (Å²) in [5.74, 6) is 0.676. The number of anilines is 1. The number of esters is 1. The molecule has 0 aliphatic heterocycles. The number of carbonyl (C=O) groups is 1. The van der Waals surface area contributed by atoms with Gasteiger partial charge in [-0.05, 0) is 6.92 Å². The highest BCUT2D eigenvalue weighted by atomic mass is 16.5. The molecule has 1 N–H and O–H groups in total. The summed E-state index contributed by atoms with van der Waals surface area (Å²) in [5.41, 5.74) is 0. The molecule has 0 spiro atoms. The van der Waals surface area contributed by atoms with Crippen LogP contribution in [-0.4, -0.2) is 36.2 Å². The molecule has 0 radical (unpaired) electrons. The molecule has 6 heteroatoms. The van der Waals surface area contributed by atoms with Crippen LogP contribution in [-0.2, 0) is 9.53 Å². The Bertz CT molecular complexity index is 344. The van der Waals surface area contributed by atoms with Crippen molar-refractivity contribution in [1.82, 2.24) is 9.97 Å². The van der Waals surface area contributed by atoms with Crippen molar-refractivity contribution in [3.05, 3.63) is 12.3 Å². The minimum atomic E-state index is -0.238. The molecule has 0 unspecified atom stereocenters. The number of methoxy groups -OCH3 is 1. The average Bonchev–Trinajstić information content (AvgIpc) is 2.30. The predicted molar refractivity (Wildman–Crippen MR) is 58.3 cm³/mol. The predicted octanol–water partition coefficient (Wildman–Crippen LogP) is 0.850. The zero-order chi connectivity index (χ0) is 11.8. The number of hydrogen-bond donors (Lipinski definition) is 1. The third-order valence-corrected chi connectivity index (χ3v) is 1.76. The Morgan fingerprint density at radius 1 is 1.56 bits per heavy atom. The Morgan fingerprint density at radius 2 is 2.38 bits per heavy atom. The Morgan fingerprint density at radius 3 is 3.06 bits per heavy atom. The molecule has 88 valence electrons. The van der Waals surface area contributed by atoms with Crippen LogP contribution >= 0.6 is 0 Å². The molecule has 1 rings (SSSR count). The van der Waals surface area contributed by atoms with Gasteiger partial charge in [-0.3, -0.25) is 4.79 Å². The summed E-state index contributed by atoms with van der Waals surface area (Å²) in [4.78, 5) is 19.0. The molecule has 0 aliphatic carbocycles. The van der Waals surface area contributed by atoms with Crippen LogP contribution in [0.5, 0.6) is 5.88 Å². The fraction of sp³-hybridized carbons (Fsp3) is 0.500. The first-order valence-electron chi connectivity index (χ1n) is 5.02. The fourth-order valence-corrected chi connectivity index (χ4v) is 1.05. The summed E-state index contributed by atoms with van der Waals surface area (Å²) in [6.45, 7) is 2.61. The molecule has 0 aliphatic rings. The summed E-state index contributed by atoms with van der Waals surface area (Å²) in [6, 6.07) is 1.65. The van der Waals surface area contributed by atoms with E-state index >= 15 is 0 Å². The molecule has 0 amide bonds. The largest absolute Gasteiger partial charge is 0.481 e. The second kappa shape index (κ2) is 6.60. The van der Waals surface area contributed by atoms with E-state index in [1.165, 1.54) is 7.11 Å². The summed E-state index contributed by atoms with van der Waals surface area (Å²) in [5, 5.41) is 2.91. The average molecular weight is 225 g/mol. The number of rotatable bonds is 6. The molecular weight excluding hydrogens is 210 g/mol. The molecule has 6 nitrogen and oxygen atoms in total. The zero-order valence-electron chi connectivity index (χ0n) is 9.40. The van der Waals surface area contributed by atoms with E-state index in [9.17, 15) is 4.79 Å². The van der Waals surface area contributed by atoms with Gasteiger partial charge in [-0.25, -0.2) is 4.98 Å². The monoisotopic (exact) mass is 225 g/mol. The van der Waals surface area contributed by atoms with Crippen molar-refractivity contribution in [2.45, 2.75) is 13.3 Å². The van der Waals surface area contributed by atoms with Crippen LogP contribution in [0.25, 0.3) is 0 Å². The lowest BCUT2D eigenvalue weighted by Crippen LogP contribution is -2.12. The van der Waals surface area contributed by atoms with Gasteiger partial charge in [0.15, 0.2) is 0 Å². The Kier molecular flexibility index (Phi) is 5.04. The first kappa shape index (κ1) is 12.2. The lowest BCUT2D eigenvalue weighted by molar-refractivity contribution is -0.142. The highest BCUT2D eigenvalue weighted by Gasteiger charge is 2.02. The van der Waals surface area contributed by atoms with Crippen LogP contribution in [0, 0.1) is 0 Å². The SMILES string of the molecule is CCOC(=O)CCNc1nccc(OC)n1. The van der Waals surface area contributed by atoms with Crippen LogP contribution in [0.3, 0.4) is 0 Å². The maximum absolute atomic E-state index is 11.0. The van der Waals surface area contributed by atoms with Crippen molar-refractivity contribution in [3.63, 3.8) is 0 Å². The molecule has 0 saturated heterocycles. The van der Waals surface area contributed by atoms with E-state index in [2.05, 4.69) is 15.3 Å². The van der Waals surface area contributed by atoms with Crippen LogP contribution in [0.2, 0.25) is 0 Å². The van der Waals surface area contributed by atoms with Crippen molar-refractivity contribution in [2.75, 3.05) is 25.6 Å². The Balaban J connectivity index is 2.34. The lowest BCUT2D eigenvalue weighted by atomic mass is 10.4. The topological polar surface area (TPSA) is 73.3 Å². The van der Waals surface area contributed by atoms with Crippen LogP contribution in [0.4, 0.5) is 5.95 Å². The lowest BCUT2D eigenvalue weighted by Gasteiger charge is -2.05. The van der Waals surface area contributed by atoms with E-state index in [0.717, 1.165) is 0 Å². The van der Waals surface area contributed by atoms with E-state index in [0.29, 0.717) is 25.0 Å². The highest BCUT2D eigenvalue weighted by molar-refractivity contribution is 5.69. The van der Waals surface area contributed by atoms with E-state index in [-0.39, 0.29) is 12.4 Å². The van der Waals surface area contributed by atoms with Crippen molar-refractivity contribution >= 4 is 11.9 Å². The highest BCUT2D eigenvalue weighted by Crippen LogP contribution is 2.06. The number of nitrogens with one attached hydrogen (secondary N) is 1. The molecule has 0 aromatic carbocycles. The Hall–Kier alpha value is -1.85. The van der Waals surface area contributed by atoms with Crippen molar-refractivity contribution < 1.29 is 14.3 Å². The molecule has 1 heterocycles. The second-order valence-corrected chi connectivity index (χ2v) is 2.90. The molecule has 16 heavy (non-hydrogen) atoms. The summed E-state index contributed by atoms with van der Waals surface area (Å²) in [7, 11) is 1.53. The normalized spacial score (nSPS) is 9.62. The maximum atomic E-state index is 11.0. The van der Waals surface area contributed by atoms with Gasteiger partial charge in [0.05, 0.1) is 20.1 Å². The summed E-state index contributed by atoms with van der Waals surface area (Å²) < 4.78 is 9.72. The number of nitrogens with zero attached hydrogens (tertiary/aromatic N) is 2. The second-order valence-electron chi connectivity index (χ2n) is 2.90. The van der Waals surface area contributed by atoms with E-state index in [1.807, 2.05) is 0 Å². The molecule has 0 fully saturated rings. The van der Waals surface area contributed by atoms with Gasteiger partial charge in [0.1, 0.15) is 0 Å². The standard InChI is InChI=1S/C10H15N3O3/c1-3-16-9(14)5-7-12-10-11-6-4-8(13-10)15-2/h4,6H,3,5,7H2,1-2H3,(H,11,12,13). The fourth-order valence-electron chi connectivity index (χ4n) is 1.05. The number of ether oxygens (including phenoxy) is 2. The van der Waals surface area contributed by atoms with Gasteiger partial charge in [-0.2, -0.15) is 4.98 Å². The summed E-state index contributed by atoms with van der Waals surface area (Å²) >= 11 is 0. The zero-order valence-corrected chi connectivity index (χ0v) is 9.40. The third-order valence-electron chi connectivity index (χ3n) is 1.76. The first-order valence-corrected chi connectivity index (χ1v) is 5.02. The molecule has 0 atom stereocenters. The third kappa shape index (κ3) is 4.12. The van der Waals surface area contributed by atoms with E-state index in [1.54, 1.807) is 19.2 Å². The minimum Gasteiger partial charge on any atom is -0.481 e. The van der Waals surface area contributed by atoms with Gasteiger partial charge < -0.3 is 14.8 Å². The Labute approximate surface area is 94.0 Å². The maximum Gasteiger partial charge on any atom is 0.307 e. The minimum absolute atomic E-state index is 0.238. The van der Waals surface area contributed by atoms with E-state index in [4.69, 9.17) is 9.47 Å². The van der Waals surface area contributed by atoms with Crippen molar-refractivity contribution in [2.24, 2.45) is 0 Å². The van der Waals surface area contributed by atoms with Gasteiger partial charge in [-0.1, -0.05) is 0 Å². The van der Waals surface area contributed by atoms with Gasteiger partial charge >= 0.3 is 5.97 Å². The van der Waals surface area contributed by atoms with Gasteiger partial charge in [0.25, 0.3) is 0 Å². The van der Waals surface area contributed by atoms with Crippen molar-refractivity contribution in [1.29, 1.82) is 0 Å². The smallest absolute Gasteiger partial charge is 0.307 e. The molecular formula is C10H15N3O3. The van der Waals surface area contributed by atoms with Crippen LogP contribution < -0.4 is 10.1 Å². The number of carbonyl (C=O) groups excluding carboxylic acids is 1. The molecule has 0 bridgehead atoms. The molecule has 1 aromatic rings. The van der Waals surface area contributed by atoms with Crippen molar-refractivity contribution in [3.8, 4) is 5.88 Å². The molecule has 1 aromatic heterocycles. The van der Waals surface area contributed by atoms with E-state index < -0.39 is 0 Å². The van der Waals surface area contributed by atoms with Crippen LogP contribution in [0.15, 0.2) is 12.3 Å². The van der Waals surface area contributed by atoms with Gasteiger partial charge in [0.2, 0.25) is 11.8 Å². The quantitative estimate of drug-likeness (QED) is 0.723. The number of hydrogen-bond acceptors (Lipinski definition) is 6. The first-order chi connectivity index (χ1) is 7.76. The molecule has 0 saturated carbocycles. The van der Waals surface area contributed by atoms with Crippen LogP contribution in [0.1, 0.15) is 13.3 Å². The van der Waals surface area contributed by atoms with Gasteiger partial charge in [-0.15, -0.1) is 0 Å².